The van der Waals surface area contributed by atoms with Crippen LogP contribution in [0.5, 0.6) is 0 Å². The highest BCUT2D eigenvalue weighted by molar-refractivity contribution is 5.94. The highest BCUT2D eigenvalue weighted by atomic mass is 19.3. The maximum Gasteiger partial charge on any atom is 0.298 e. The van der Waals surface area contributed by atoms with Gasteiger partial charge >= 0.3 is 0 Å². The van der Waals surface area contributed by atoms with E-state index in [1.54, 1.807) is 22.9 Å². The minimum absolute atomic E-state index is 0.0390. The van der Waals surface area contributed by atoms with E-state index in [0.29, 0.717) is 27.8 Å². The number of hydrogen-bond donors (Lipinski definition) is 2. The molecule has 0 saturated carbocycles. The SMILES string of the molecule is CC(O)C(F)(F)c1ccc(CC(=O)Nc2ccc3c(c2)nnn3CC(C)(C)c2ccc(F)cc2F)cc1. The molecule has 10 heteroatoms. The van der Waals surface area contributed by atoms with Gasteiger partial charge in [-0.15, -0.1) is 5.10 Å². The molecule has 1 unspecified atom stereocenters. The molecule has 0 radical (unpaired) electrons. The van der Waals surface area contributed by atoms with Gasteiger partial charge in [-0.25, -0.2) is 13.5 Å². The van der Waals surface area contributed by atoms with Gasteiger partial charge in [0.25, 0.3) is 5.92 Å². The lowest BCUT2D eigenvalue weighted by Crippen LogP contribution is -2.27. The molecule has 3 aromatic carbocycles. The number of alkyl halides is 2. The third kappa shape index (κ3) is 5.64. The highest BCUT2D eigenvalue weighted by Gasteiger charge is 2.37. The molecule has 2 N–H and O–H groups in total. The van der Waals surface area contributed by atoms with Gasteiger partial charge in [0.05, 0.1) is 18.5 Å². The lowest BCUT2D eigenvalue weighted by Gasteiger charge is -2.25. The second-order valence-electron chi connectivity index (χ2n) is 9.68. The number of rotatable bonds is 8. The molecule has 1 heterocycles. The zero-order valence-corrected chi connectivity index (χ0v) is 20.5. The monoisotopic (exact) mass is 514 g/mol. The molecule has 0 aliphatic rings. The van der Waals surface area contributed by atoms with Gasteiger partial charge in [-0.1, -0.05) is 49.4 Å². The number of nitrogens with one attached hydrogen (secondary N) is 1. The van der Waals surface area contributed by atoms with Gasteiger partial charge in [-0.3, -0.25) is 4.79 Å². The van der Waals surface area contributed by atoms with Crippen molar-refractivity contribution in [3.05, 3.63) is 89.0 Å². The Hall–Kier alpha value is -3.79. The lowest BCUT2D eigenvalue weighted by atomic mass is 9.84. The predicted molar refractivity (Wildman–Crippen MR) is 131 cm³/mol. The predicted octanol–water partition coefficient (Wildman–Crippen LogP) is 5.34. The van der Waals surface area contributed by atoms with E-state index in [4.69, 9.17) is 0 Å². The zero-order valence-electron chi connectivity index (χ0n) is 20.5. The summed E-state index contributed by atoms with van der Waals surface area (Å²) in [6, 6.07) is 13.8. The van der Waals surface area contributed by atoms with Crippen molar-refractivity contribution in [2.75, 3.05) is 5.32 Å². The first-order valence-electron chi connectivity index (χ1n) is 11.6. The number of carbonyl (C=O) groups is 1. The van der Waals surface area contributed by atoms with E-state index < -0.39 is 29.1 Å². The Morgan fingerprint density at radius 1 is 1.05 bits per heavy atom. The molecule has 4 aromatic rings. The summed E-state index contributed by atoms with van der Waals surface area (Å²) in [5, 5.41) is 20.3. The number of hydrogen-bond acceptors (Lipinski definition) is 4. The van der Waals surface area contributed by atoms with E-state index in [9.17, 15) is 27.5 Å². The minimum Gasteiger partial charge on any atom is -0.387 e. The average molecular weight is 515 g/mol. The van der Waals surface area contributed by atoms with Gasteiger partial charge in [0.1, 0.15) is 23.3 Å². The van der Waals surface area contributed by atoms with Crippen LogP contribution < -0.4 is 5.32 Å². The first kappa shape index (κ1) is 26.3. The second-order valence-corrected chi connectivity index (χ2v) is 9.68. The number of benzene rings is 3. The number of amides is 1. The fraction of sp³-hybridized carbons (Fsp3) is 0.296. The summed E-state index contributed by atoms with van der Waals surface area (Å²) >= 11 is 0. The summed E-state index contributed by atoms with van der Waals surface area (Å²) in [5.41, 5.74) is 1.51. The maximum atomic E-state index is 14.4. The Morgan fingerprint density at radius 3 is 2.41 bits per heavy atom. The lowest BCUT2D eigenvalue weighted by molar-refractivity contribution is -0.115. The molecule has 1 aromatic heterocycles. The molecular formula is C27H26F4N4O2. The fourth-order valence-electron chi connectivity index (χ4n) is 4.14. The number of aromatic nitrogens is 3. The molecule has 37 heavy (non-hydrogen) atoms. The van der Waals surface area contributed by atoms with Crippen LogP contribution in [0.15, 0.2) is 60.7 Å². The topological polar surface area (TPSA) is 80.0 Å². The van der Waals surface area contributed by atoms with Gasteiger partial charge in [0.2, 0.25) is 5.91 Å². The standard InChI is InChI=1S/C27H26F4N4O2/c1-16(36)27(30,31)18-6-4-17(5-7-18)12-25(37)32-20-9-11-24-23(14-20)33-34-35(24)15-26(2,3)21-10-8-19(28)13-22(21)29/h4-11,13-14,16,36H,12,15H2,1-3H3,(H,32,37). The number of fused-ring (bicyclic) bond motifs is 1. The maximum absolute atomic E-state index is 14.4. The van der Waals surface area contributed by atoms with E-state index in [-0.39, 0.29) is 24.4 Å². The Balaban J connectivity index is 1.44. The molecular weight excluding hydrogens is 488 g/mol. The van der Waals surface area contributed by atoms with Crippen molar-refractivity contribution < 1.29 is 27.5 Å². The third-order valence-electron chi connectivity index (χ3n) is 6.23. The summed E-state index contributed by atoms with van der Waals surface area (Å²) in [6.45, 7) is 4.94. The van der Waals surface area contributed by atoms with Gasteiger partial charge in [0, 0.05) is 22.7 Å². The smallest absolute Gasteiger partial charge is 0.298 e. The number of nitrogens with zero attached hydrogens (tertiary/aromatic N) is 3. The van der Waals surface area contributed by atoms with Gasteiger partial charge in [-0.05, 0) is 42.3 Å². The molecule has 0 spiro atoms. The van der Waals surface area contributed by atoms with Crippen LogP contribution in [0.3, 0.4) is 0 Å². The van der Waals surface area contributed by atoms with Crippen molar-refractivity contribution >= 4 is 22.6 Å². The van der Waals surface area contributed by atoms with Gasteiger partial charge in [0.15, 0.2) is 0 Å². The Kier molecular flexibility index (Phi) is 7.05. The fourth-order valence-corrected chi connectivity index (χ4v) is 4.14. The summed E-state index contributed by atoms with van der Waals surface area (Å²) in [5.74, 6) is -5.01. The number of aliphatic hydroxyl groups is 1. The molecule has 0 fully saturated rings. The first-order valence-corrected chi connectivity index (χ1v) is 11.6. The number of anilines is 1. The van der Waals surface area contributed by atoms with Gasteiger partial charge in [-0.2, -0.15) is 8.78 Å². The van der Waals surface area contributed by atoms with Crippen LogP contribution in [0.2, 0.25) is 0 Å². The van der Waals surface area contributed by atoms with Crippen molar-refractivity contribution in [1.29, 1.82) is 0 Å². The number of halogens is 4. The average Bonchev–Trinajstić information content (AvgIpc) is 3.20. The zero-order chi connectivity index (χ0) is 27.0. The molecule has 6 nitrogen and oxygen atoms in total. The molecule has 0 saturated heterocycles. The highest BCUT2D eigenvalue weighted by Crippen LogP contribution is 2.32. The molecule has 4 rings (SSSR count). The molecule has 0 bridgehead atoms. The third-order valence-corrected chi connectivity index (χ3v) is 6.23. The summed E-state index contributed by atoms with van der Waals surface area (Å²) in [6.07, 6.45) is -1.87. The number of carbonyl (C=O) groups excluding carboxylic acids is 1. The van der Waals surface area contributed by atoms with E-state index in [2.05, 4.69) is 15.6 Å². The second kappa shape index (κ2) is 9.93. The quantitative estimate of drug-likeness (QED) is 0.311. The van der Waals surface area contributed by atoms with Crippen molar-refractivity contribution in [2.24, 2.45) is 0 Å². The summed E-state index contributed by atoms with van der Waals surface area (Å²) < 4.78 is 57.2. The normalized spacial score (nSPS) is 13.1. The van der Waals surface area contributed by atoms with Gasteiger partial charge < -0.3 is 10.4 Å². The minimum atomic E-state index is -3.38. The van der Waals surface area contributed by atoms with Crippen LogP contribution in [-0.4, -0.2) is 32.1 Å². The molecule has 0 aliphatic carbocycles. The van der Waals surface area contributed by atoms with Crippen LogP contribution in [-0.2, 0) is 29.1 Å². The van der Waals surface area contributed by atoms with Crippen LogP contribution >= 0.6 is 0 Å². The van der Waals surface area contributed by atoms with E-state index in [0.717, 1.165) is 13.0 Å². The van der Waals surface area contributed by atoms with Crippen LogP contribution in [0.1, 0.15) is 37.5 Å². The van der Waals surface area contributed by atoms with E-state index >= 15 is 0 Å². The van der Waals surface area contributed by atoms with Crippen molar-refractivity contribution in [3.8, 4) is 0 Å². The Labute approximate surface area is 210 Å². The number of aliphatic hydroxyl groups excluding tert-OH is 1. The molecule has 194 valence electrons. The molecule has 0 aliphatic heterocycles. The Bertz CT molecular complexity index is 1430. The van der Waals surface area contributed by atoms with Crippen molar-refractivity contribution in [1.82, 2.24) is 15.0 Å². The Morgan fingerprint density at radius 2 is 1.76 bits per heavy atom. The van der Waals surface area contributed by atoms with Crippen LogP contribution in [0, 0.1) is 11.6 Å². The van der Waals surface area contributed by atoms with E-state index in [1.165, 1.54) is 36.4 Å². The van der Waals surface area contributed by atoms with Crippen molar-refractivity contribution in [2.45, 2.75) is 51.2 Å². The summed E-state index contributed by atoms with van der Waals surface area (Å²) in [7, 11) is 0. The van der Waals surface area contributed by atoms with Crippen molar-refractivity contribution in [3.63, 3.8) is 0 Å². The summed E-state index contributed by atoms with van der Waals surface area (Å²) in [4.78, 5) is 12.5. The largest absolute Gasteiger partial charge is 0.387 e. The van der Waals surface area contributed by atoms with Crippen LogP contribution in [0.4, 0.5) is 23.2 Å². The molecule has 1 atom stereocenters. The first-order chi connectivity index (χ1) is 17.4. The van der Waals surface area contributed by atoms with E-state index in [1.807, 2.05) is 13.8 Å². The van der Waals surface area contributed by atoms with Crippen LogP contribution in [0.25, 0.3) is 11.0 Å². The molecule has 1 amide bonds.